The van der Waals surface area contributed by atoms with E-state index in [4.69, 9.17) is 9.47 Å². The monoisotopic (exact) mass is 394 g/mol. The Morgan fingerprint density at radius 1 is 1.32 bits per heavy atom. The minimum Gasteiger partial charge on any atom is -0.490 e. The zero-order valence-corrected chi connectivity index (χ0v) is 17.3. The van der Waals surface area contributed by atoms with Crippen molar-refractivity contribution >= 4 is 11.8 Å². The Bertz CT molecular complexity index is 732. The molecule has 0 fully saturated rings. The second kappa shape index (κ2) is 8.15. The lowest BCUT2D eigenvalue weighted by Gasteiger charge is -2.35. The summed E-state index contributed by atoms with van der Waals surface area (Å²) in [5.74, 6) is 0.777. The predicted molar refractivity (Wildman–Crippen MR) is 106 cm³/mol. The molecule has 2 aliphatic heterocycles. The molecular formula is C21H31FN2O4. The first-order valence-corrected chi connectivity index (χ1v) is 9.94. The second-order valence-electron chi connectivity index (χ2n) is 8.56. The Kier molecular flexibility index (Phi) is 6.03. The number of rotatable bonds is 3. The number of aliphatic hydroxyl groups is 1. The quantitative estimate of drug-likeness (QED) is 0.854. The van der Waals surface area contributed by atoms with Crippen molar-refractivity contribution in [3.8, 4) is 5.75 Å². The van der Waals surface area contributed by atoms with Crippen LogP contribution < -0.4 is 9.64 Å². The van der Waals surface area contributed by atoms with Crippen molar-refractivity contribution in [1.29, 1.82) is 0 Å². The van der Waals surface area contributed by atoms with E-state index in [1.54, 1.807) is 4.90 Å². The van der Waals surface area contributed by atoms with Crippen molar-refractivity contribution in [2.24, 2.45) is 0 Å². The highest BCUT2D eigenvalue weighted by atomic mass is 19.1. The Hall–Kier alpha value is -2.02. The fourth-order valence-electron chi connectivity index (χ4n) is 3.94. The van der Waals surface area contributed by atoms with Crippen LogP contribution in [0.5, 0.6) is 5.75 Å². The molecule has 7 heteroatoms. The lowest BCUT2D eigenvalue weighted by Crippen LogP contribution is -2.39. The lowest BCUT2D eigenvalue weighted by molar-refractivity contribution is 0.0258. The molecule has 2 heterocycles. The second-order valence-corrected chi connectivity index (χ2v) is 8.56. The summed E-state index contributed by atoms with van der Waals surface area (Å²) in [7, 11) is 0. The van der Waals surface area contributed by atoms with Gasteiger partial charge in [0.1, 0.15) is 24.6 Å². The lowest BCUT2D eigenvalue weighted by atomic mass is 9.94. The van der Waals surface area contributed by atoms with Crippen LogP contribution in [0.3, 0.4) is 0 Å². The van der Waals surface area contributed by atoms with Gasteiger partial charge in [0.15, 0.2) is 0 Å². The molecule has 28 heavy (non-hydrogen) atoms. The zero-order valence-electron chi connectivity index (χ0n) is 17.3. The van der Waals surface area contributed by atoms with Gasteiger partial charge in [0, 0.05) is 19.6 Å². The number of ether oxygens (including phenoxy) is 2. The van der Waals surface area contributed by atoms with Crippen LogP contribution in [-0.2, 0) is 17.6 Å². The molecule has 1 N–H and O–H groups in total. The van der Waals surface area contributed by atoms with E-state index in [-0.39, 0.29) is 12.6 Å². The molecule has 0 aliphatic carbocycles. The summed E-state index contributed by atoms with van der Waals surface area (Å²) in [6, 6.07) is 2.05. The number of alkyl halides is 1. The molecule has 156 valence electrons. The number of benzene rings is 1. The highest BCUT2D eigenvalue weighted by Crippen LogP contribution is 2.40. The third-order valence-electron chi connectivity index (χ3n) is 5.21. The summed E-state index contributed by atoms with van der Waals surface area (Å²) in [5, 5.41) is 9.78. The number of nitrogens with zero attached hydrogens (tertiary/aromatic N) is 2. The molecule has 0 bridgehead atoms. The van der Waals surface area contributed by atoms with Gasteiger partial charge in [0.2, 0.25) is 0 Å². The number of fused-ring (bicyclic) bond motifs is 2. The van der Waals surface area contributed by atoms with Gasteiger partial charge in [0.05, 0.1) is 18.3 Å². The van der Waals surface area contributed by atoms with Gasteiger partial charge in [-0.1, -0.05) is 0 Å². The van der Waals surface area contributed by atoms with Crippen LogP contribution in [0.4, 0.5) is 14.9 Å². The van der Waals surface area contributed by atoms with E-state index in [0.717, 1.165) is 29.8 Å². The molecule has 1 aromatic carbocycles. The number of carbonyl (C=O) groups is 1. The molecule has 0 aromatic heterocycles. The highest BCUT2D eigenvalue weighted by molar-refractivity contribution is 5.71. The molecule has 6 nitrogen and oxygen atoms in total. The van der Waals surface area contributed by atoms with Gasteiger partial charge in [-0.3, -0.25) is 0 Å². The summed E-state index contributed by atoms with van der Waals surface area (Å²) in [5.41, 5.74) is 3.88. The maximum absolute atomic E-state index is 12.8. The van der Waals surface area contributed by atoms with Gasteiger partial charge in [-0.25, -0.2) is 9.18 Å². The molecule has 1 aromatic rings. The Morgan fingerprint density at radius 2 is 2.04 bits per heavy atom. The first-order chi connectivity index (χ1) is 13.2. The Labute approximate surface area is 166 Å². The molecule has 0 radical (unpaired) electrons. The van der Waals surface area contributed by atoms with Gasteiger partial charge in [0.25, 0.3) is 0 Å². The first-order valence-electron chi connectivity index (χ1n) is 9.94. The summed E-state index contributed by atoms with van der Waals surface area (Å²) < 4.78 is 24.2. The summed E-state index contributed by atoms with van der Waals surface area (Å²) in [4.78, 5) is 16.2. The van der Waals surface area contributed by atoms with Crippen molar-refractivity contribution in [2.45, 2.75) is 52.2 Å². The van der Waals surface area contributed by atoms with E-state index in [2.05, 4.69) is 0 Å². The van der Waals surface area contributed by atoms with Crippen LogP contribution in [0.1, 0.15) is 37.5 Å². The van der Waals surface area contributed by atoms with Crippen molar-refractivity contribution in [3.05, 3.63) is 22.8 Å². The number of hydrogen-bond acceptors (Lipinski definition) is 5. The van der Waals surface area contributed by atoms with Crippen molar-refractivity contribution in [2.75, 3.05) is 44.4 Å². The molecular weight excluding hydrogens is 363 g/mol. The van der Waals surface area contributed by atoms with Gasteiger partial charge < -0.3 is 24.4 Å². The van der Waals surface area contributed by atoms with E-state index < -0.39 is 18.4 Å². The third-order valence-corrected chi connectivity index (χ3v) is 5.21. The predicted octanol–water partition coefficient (Wildman–Crippen LogP) is 2.86. The molecule has 2 aliphatic rings. The molecule has 0 saturated carbocycles. The van der Waals surface area contributed by atoms with Gasteiger partial charge >= 0.3 is 6.09 Å². The van der Waals surface area contributed by atoms with E-state index >= 15 is 0 Å². The minimum atomic E-state index is -1.01. The van der Waals surface area contributed by atoms with Gasteiger partial charge in [-0.05, 0) is 63.3 Å². The number of halogens is 1. The topological polar surface area (TPSA) is 62.2 Å². The fraction of sp³-hybridized carbons (Fsp3) is 0.667. The highest BCUT2D eigenvalue weighted by Gasteiger charge is 2.29. The van der Waals surface area contributed by atoms with E-state index in [1.807, 2.05) is 38.7 Å². The van der Waals surface area contributed by atoms with Crippen LogP contribution in [0, 0.1) is 6.92 Å². The van der Waals surface area contributed by atoms with E-state index in [1.165, 1.54) is 11.1 Å². The standard InChI is InChI=1S/C21H31FN2O4/c1-14-17-6-8-23(20(26)28-21(2,3)4)7-5-15(17)11-18-19(14)24(9-10-27-18)13-16(25)12-22/h11,16,25H,5-10,12-13H2,1-4H3/t16-/m0/s1. The maximum Gasteiger partial charge on any atom is 0.410 e. The van der Waals surface area contributed by atoms with Crippen LogP contribution in [0.15, 0.2) is 6.07 Å². The number of aliphatic hydroxyl groups excluding tert-OH is 1. The van der Waals surface area contributed by atoms with Crippen molar-refractivity contribution in [3.63, 3.8) is 0 Å². The normalized spacial score (nSPS) is 17.9. The summed E-state index contributed by atoms with van der Waals surface area (Å²) >= 11 is 0. The smallest absolute Gasteiger partial charge is 0.410 e. The number of carbonyl (C=O) groups excluding carboxylic acids is 1. The SMILES string of the molecule is Cc1c2c(cc3c1N(C[C@@H](O)CF)CCO3)CCN(C(=O)OC(C)(C)C)CC2. The molecule has 0 unspecified atom stereocenters. The van der Waals surface area contributed by atoms with E-state index in [9.17, 15) is 14.3 Å². The van der Waals surface area contributed by atoms with Crippen molar-refractivity contribution in [1.82, 2.24) is 4.90 Å². The van der Waals surface area contributed by atoms with Crippen molar-refractivity contribution < 1.29 is 23.8 Å². The average molecular weight is 394 g/mol. The van der Waals surface area contributed by atoms with Crippen LogP contribution in [-0.4, -0.2) is 67.3 Å². The Morgan fingerprint density at radius 3 is 2.71 bits per heavy atom. The minimum absolute atomic E-state index is 0.247. The molecule has 3 rings (SSSR count). The number of hydrogen-bond donors (Lipinski definition) is 1. The maximum atomic E-state index is 12.8. The number of β-amino-alcohol motifs (C(OH)–C–C–N with tert-alkyl or cyclic N) is 1. The first kappa shape index (κ1) is 20.7. The fourth-order valence-corrected chi connectivity index (χ4v) is 3.94. The largest absolute Gasteiger partial charge is 0.490 e. The van der Waals surface area contributed by atoms with Crippen LogP contribution >= 0.6 is 0 Å². The van der Waals surface area contributed by atoms with Gasteiger partial charge in [-0.2, -0.15) is 0 Å². The molecule has 0 saturated heterocycles. The van der Waals surface area contributed by atoms with Crippen LogP contribution in [0.2, 0.25) is 0 Å². The average Bonchev–Trinajstić information content (AvgIpc) is 2.83. The summed E-state index contributed by atoms with van der Waals surface area (Å²) in [6.45, 7) is 9.46. The van der Waals surface area contributed by atoms with Gasteiger partial charge in [-0.15, -0.1) is 0 Å². The Balaban J connectivity index is 1.84. The summed E-state index contributed by atoms with van der Waals surface area (Å²) in [6.07, 6.45) is 0.172. The number of amides is 1. The zero-order chi connectivity index (χ0) is 20.5. The molecule has 0 spiro atoms. The molecule has 1 amide bonds. The molecule has 1 atom stereocenters. The van der Waals surface area contributed by atoms with Crippen LogP contribution in [0.25, 0.3) is 0 Å². The number of anilines is 1. The third kappa shape index (κ3) is 4.51. The van der Waals surface area contributed by atoms with E-state index in [0.29, 0.717) is 26.2 Å².